The molecule has 3 aromatic rings. The Hall–Kier alpha value is -3.10. The van der Waals surface area contributed by atoms with Gasteiger partial charge in [-0.15, -0.1) is 0 Å². The van der Waals surface area contributed by atoms with Crippen LogP contribution in [0.15, 0.2) is 16.9 Å². The fraction of sp³-hybridized carbons (Fsp3) is 0.348. The van der Waals surface area contributed by atoms with E-state index >= 15 is 0 Å². The van der Waals surface area contributed by atoms with Gasteiger partial charge < -0.3 is 20.1 Å². The average Bonchev–Trinajstić information content (AvgIpc) is 3.28. The Kier molecular flexibility index (Phi) is 3.47. The number of aromatic nitrogens is 2. The molecule has 158 valence electrons. The Bertz CT molecular complexity index is 1430. The standard InChI is InChI=1S/C23H20FN3O4/c1-3-23(30)13-5-17-20-11(7-27(17)21(28)12(13)8-31-22(23)29)18-15(25)4-10-9(2)14(24)6-16(26-20)19(10)18/h5-6,15,30H,3-4,7-8,25H2,1-2H3/t15-,23+/m1/s1. The summed E-state index contributed by atoms with van der Waals surface area (Å²) in [6, 6.07) is 2.76. The number of esters is 1. The molecule has 4 heterocycles. The predicted molar refractivity (Wildman–Crippen MR) is 110 cm³/mol. The number of rotatable bonds is 1. The molecule has 2 aliphatic heterocycles. The van der Waals surface area contributed by atoms with Crippen LogP contribution in [0.4, 0.5) is 4.39 Å². The van der Waals surface area contributed by atoms with Crippen LogP contribution in [0.25, 0.3) is 22.3 Å². The second-order valence-corrected chi connectivity index (χ2v) is 8.62. The van der Waals surface area contributed by atoms with Crippen LogP contribution < -0.4 is 11.3 Å². The Labute approximate surface area is 176 Å². The van der Waals surface area contributed by atoms with Crippen LogP contribution in [0.5, 0.6) is 0 Å². The molecule has 1 aliphatic carbocycles. The number of pyridine rings is 2. The molecule has 2 aromatic heterocycles. The van der Waals surface area contributed by atoms with Crippen molar-refractivity contribution in [2.45, 2.75) is 51.5 Å². The number of benzene rings is 1. The summed E-state index contributed by atoms with van der Waals surface area (Å²) in [5.41, 5.74) is 9.53. The highest BCUT2D eigenvalue weighted by Crippen LogP contribution is 2.46. The molecular formula is C23H20FN3O4. The third kappa shape index (κ3) is 2.11. The van der Waals surface area contributed by atoms with Gasteiger partial charge in [0.25, 0.3) is 5.56 Å². The van der Waals surface area contributed by atoms with Crippen LogP contribution in [0.3, 0.4) is 0 Å². The summed E-state index contributed by atoms with van der Waals surface area (Å²) in [5.74, 6) is -1.10. The van der Waals surface area contributed by atoms with E-state index in [0.717, 1.165) is 22.1 Å². The van der Waals surface area contributed by atoms with Gasteiger partial charge in [-0.2, -0.15) is 0 Å². The van der Waals surface area contributed by atoms with E-state index in [-0.39, 0.29) is 48.1 Å². The lowest BCUT2D eigenvalue weighted by molar-refractivity contribution is -0.172. The molecule has 31 heavy (non-hydrogen) atoms. The summed E-state index contributed by atoms with van der Waals surface area (Å²) in [6.45, 7) is 3.52. The maximum Gasteiger partial charge on any atom is 0.343 e. The minimum absolute atomic E-state index is 0.0731. The number of nitrogens with two attached hydrogens (primary N) is 1. The van der Waals surface area contributed by atoms with Gasteiger partial charge >= 0.3 is 5.97 Å². The van der Waals surface area contributed by atoms with Crippen LogP contribution in [-0.4, -0.2) is 20.6 Å². The van der Waals surface area contributed by atoms with Crippen LogP contribution in [0, 0.1) is 12.7 Å². The fourth-order valence-electron chi connectivity index (χ4n) is 5.41. The van der Waals surface area contributed by atoms with Gasteiger partial charge in [-0.3, -0.25) is 4.79 Å². The lowest BCUT2D eigenvalue weighted by Crippen LogP contribution is -2.44. The molecule has 0 unspecified atom stereocenters. The highest BCUT2D eigenvalue weighted by Gasteiger charge is 2.45. The minimum atomic E-state index is -1.88. The Balaban J connectivity index is 1.69. The average molecular weight is 421 g/mol. The van der Waals surface area contributed by atoms with Crippen LogP contribution in [0.1, 0.15) is 52.8 Å². The first-order chi connectivity index (χ1) is 14.8. The summed E-state index contributed by atoms with van der Waals surface area (Å²) in [6.07, 6.45) is 0.594. The van der Waals surface area contributed by atoms with Crippen LogP contribution in [0.2, 0.25) is 0 Å². The molecule has 1 aromatic carbocycles. The van der Waals surface area contributed by atoms with Crippen molar-refractivity contribution in [3.05, 3.63) is 61.7 Å². The first-order valence-corrected chi connectivity index (χ1v) is 10.3. The van der Waals surface area contributed by atoms with Crippen LogP contribution >= 0.6 is 0 Å². The maximum atomic E-state index is 14.6. The highest BCUT2D eigenvalue weighted by atomic mass is 19.1. The Morgan fingerprint density at radius 1 is 1.32 bits per heavy atom. The molecule has 2 atom stereocenters. The van der Waals surface area contributed by atoms with Crippen molar-refractivity contribution in [2.24, 2.45) is 5.73 Å². The number of hydrogen-bond donors (Lipinski definition) is 2. The largest absolute Gasteiger partial charge is 0.458 e. The third-order valence-electron chi connectivity index (χ3n) is 7.14. The molecule has 0 fully saturated rings. The zero-order valence-electron chi connectivity index (χ0n) is 17.1. The molecule has 0 bridgehead atoms. The van der Waals surface area contributed by atoms with E-state index in [1.54, 1.807) is 24.5 Å². The van der Waals surface area contributed by atoms with Crippen molar-refractivity contribution in [2.75, 3.05) is 0 Å². The van der Waals surface area contributed by atoms with E-state index in [1.165, 1.54) is 6.07 Å². The van der Waals surface area contributed by atoms with E-state index in [1.807, 2.05) is 0 Å². The number of carbonyl (C=O) groups excluding carboxylic acids is 1. The van der Waals surface area contributed by atoms with E-state index in [4.69, 9.17) is 15.5 Å². The Morgan fingerprint density at radius 2 is 2.10 bits per heavy atom. The van der Waals surface area contributed by atoms with Gasteiger partial charge in [0.2, 0.25) is 0 Å². The Morgan fingerprint density at radius 3 is 2.84 bits per heavy atom. The SMILES string of the molecule is CC[C@@]1(O)C(=O)OCc2c1cc1n(c2=O)Cc2c-1nc1cc(F)c(C)c3c1c2[C@H](N)C3. The molecule has 7 nitrogen and oxygen atoms in total. The van der Waals surface area contributed by atoms with Crippen molar-refractivity contribution in [3.8, 4) is 11.4 Å². The molecule has 0 saturated heterocycles. The summed E-state index contributed by atoms with van der Waals surface area (Å²) < 4.78 is 21.2. The van der Waals surface area contributed by atoms with Gasteiger partial charge in [0.05, 0.1) is 29.0 Å². The quantitative estimate of drug-likeness (QED) is 0.456. The lowest BCUT2D eigenvalue weighted by Gasteiger charge is -2.31. The number of cyclic esters (lactones) is 1. The zero-order valence-corrected chi connectivity index (χ0v) is 17.1. The predicted octanol–water partition coefficient (Wildman–Crippen LogP) is 2.08. The zero-order chi connectivity index (χ0) is 21.8. The lowest BCUT2D eigenvalue weighted by atomic mass is 9.86. The van der Waals surface area contributed by atoms with E-state index in [2.05, 4.69) is 0 Å². The molecule has 0 amide bonds. The molecule has 3 N–H and O–H groups in total. The van der Waals surface area contributed by atoms with Gasteiger partial charge in [-0.25, -0.2) is 14.2 Å². The second kappa shape index (κ2) is 5.77. The third-order valence-corrected chi connectivity index (χ3v) is 7.14. The summed E-state index contributed by atoms with van der Waals surface area (Å²) in [5, 5.41) is 11.9. The van der Waals surface area contributed by atoms with E-state index in [0.29, 0.717) is 28.9 Å². The normalized spacial score (nSPS) is 23.0. The molecule has 6 rings (SSSR count). The fourth-order valence-corrected chi connectivity index (χ4v) is 5.41. The molecule has 0 radical (unpaired) electrons. The van der Waals surface area contributed by atoms with E-state index < -0.39 is 11.6 Å². The van der Waals surface area contributed by atoms with Gasteiger partial charge in [0.1, 0.15) is 12.4 Å². The van der Waals surface area contributed by atoms with E-state index in [9.17, 15) is 19.1 Å². The first-order valence-electron chi connectivity index (χ1n) is 10.3. The molecule has 3 aliphatic rings. The summed E-state index contributed by atoms with van der Waals surface area (Å²) >= 11 is 0. The molecule has 0 spiro atoms. The van der Waals surface area contributed by atoms with Gasteiger partial charge in [0, 0.05) is 28.6 Å². The number of nitrogens with zero attached hydrogens (tertiary/aromatic N) is 2. The molecule has 8 heteroatoms. The van der Waals surface area contributed by atoms with Gasteiger partial charge in [-0.05, 0) is 42.5 Å². The molecule has 0 saturated carbocycles. The number of ether oxygens (including phenoxy) is 1. The number of aliphatic hydroxyl groups is 1. The smallest absolute Gasteiger partial charge is 0.343 e. The monoisotopic (exact) mass is 421 g/mol. The molecular weight excluding hydrogens is 401 g/mol. The van der Waals surface area contributed by atoms with Gasteiger partial charge in [-0.1, -0.05) is 6.92 Å². The number of carbonyl (C=O) groups is 1. The maximum absolute atomic E-state index is 14.6. The number of hydrogen-bond acceptors (Lipinski definition) is 6. The summed E-state index contributed by atoms with van der Waals surface area (Å²) in [4.78, 5) is 30.4. The van der Waals surface area contributed by atoms with Crippen molar-refractivity contribution in [3.63, 3.8) is 0 Å². The van der Waals surface area contributed by atoms with Crippen molar-refractivity contribution in [1.29, 1.82) is 0 Å². The number of fused-ring (bicyclic) bond motifs is 5. The first kappa shape index (κ1) is 18.7. The summed E-state index contributed by atoms with van der Waals surface area (Å²) in [7, 11) is 0. The number of halogens is 1. The van der Waals surface area contributed by atoms with Crippen LogP contribution in [-0.2, 0) is 34.7 Å². The van der Waals surface area contributed by atoms with Gasteiger partial charge in [0.15, 0.2) is 5.60 Å². The van der Waals surface area contributed by atoms with Crippen molar-refractivity contribution >= 4 is 16.9 Å². The topological polar surface area (TPSA) is 107 Å². The highest BCUT2D eigenvalue weighted by molar-refractivity contribution is 5.94. The second-order valence-electron chi connectivity index (χ2n) is 8.62. The van der Waals surface area contributed by atoms with Crippen molar-refractivity contribution < 1.29 is 19.0 Å². The van der Waals surface area contributed by atoms with Crippen molar-refractivity contribution in [1.82, 2.24) is 9.55 Å². The minimum Gasteiger partial charge on any atom is -0.458 e.